The quantitative estimate of drug-likeness (QED) is 0.463. The number of ether oxygens (including phenoxy) is 1. The molecule has 1 aliphatic rings. The molecule has 0 radical (unpaired) electrons. The fourth-order valence-electron chi connectivity index (χ4n) is 1.15. The fourth-order valence-corrected chi connectivity index (χ4v) is 2.75. The number of rotatable bonds is 3. The molecule has 13 heavy (non-hydrogen) atoms. The van der Waals surface area contributed by atoms with Gasteiger partial charge in [-0.05, 0) is 6.08 Å². The van der Waals surface area contributed by atoms with Gasteiger partial charge in [-0.2, -0.15) is 12.6 Å². The molecule has 72 valence electrons. The zero-order valence-corrected chi connectivity index (χ0v) is 9.33. The van der Waals surface area contributed by atoms with Crippen LogP contribution in [0.25, 0.3) is 0 Å². The number of halogens is 1. The minimum atomic E-state index is -2.06. The summed E-state index contributed by atoms with van der Waals surface area (Å²) >= 11 is 8.61. The van der Waals surface area contributed by atoms with Crippen LogP contribution in [0.15, 0.2) is 12.7 Å². The van der Waals surface area contributed by atoms with Gasteiger partial charge < -0.3 is 4.74 Å². The second-order valence-electron chi connectivity index (χ2n) is 2.69. The van der Waals surface area contributed by atoms with Gasteiger partial charge in [-0.15, -0.1) is 0 Å². The summed E-state index contributed by atoms with van der Waals surface area (Å²) in [6.07, 6.45) is 0.897. The normalized spacial score (nSPS) is 34.3. The van der Waals surface area contributed by atoms with Gasteiger partial charge in [0.05, 0.1) is 0 Å². The Morgan fingerprint density at radius 2 is 2.46 bits per heavy atom. The third kappa shape index (κ3) is 2.56. The molecule has 0 aromatic carbocycles. The van der Waals surface area contributed by atoms with Crippen molar-refractivity contribution in [1.82, 2.24) is 0 Å². The molecular formula is C7H9FO2PS2+. The van der Waals surface area contributed by atoms with Gasteiger partial charge in [0, 0.05) is 15.9 Å². The molecule has 6 heteroatoms. The van der Waals surface area contributed by atoms with Crippen LogP contribution in [-0.4, -0.2) is 23.0 Å². The highest BCUT2D eigenvalue weighted by Crippen LogP contribution is 2.41. The Labute approximate surface area is 87.5 Å². The standard InChI is InChI=1S/C7H8FO2PS2/c1-2-4(9)7-5(12)3-6(10-7)11(8)13/h2,5-7H,1,3H2/p+1. The summed E-state index contributed by atoms with van der Waals surface area (Å²) in [5.74, 6) is -0.879. The lowest BCUT2D eigenvalue weighted by molar-refractivity contribution is -0.123. The van der Waals surface area contributed by atoms with E-state index in [1.54, 1.807) is 0 Å². The van der Waals surface area contributed by atoms with Crippen molar-refractivity contribution in [3.63, 3.8) is 0 Å². The van der Waals surface area contributed by atoms with E-state index in [9.17, 15) is 8.99 Å². The largest absolute Gasteiger partial charge is 0.428 e. The number of hydrogen-bond acceptors (Lipinski definition) is 4. The predicted octanol–water partition coefficient (Wildman–Crippen LogP) is 1.98. The third-order valence-electron chi connectivity index (χ3n) is 1.80. The van der Waals surface area contributed by atoms with Crippen LogP contribution in [0.3, 0.4) is 0 Å². The molecule has 0 amide bonds. The Morgan fingerprint density at radius 3 is 2.85 bits per heavy atom. The predicted molar refractivity (Wildman–Crippen MR) is 56.6 cm³/mol. The van der Waals surface area contributed by atoms with Crippen molar-refractivity contribution >= 4 is 37.2 Å². The molecule has 0 aromatic heterocycles. The number of carbonyl (C=O) groups is 1. The first-order valence-electron chi connectivity index (χ1n) is 3.68. The molecule has 0 bridgehead atoms. The summed E-state index contributed by atoms with van der Waals surface area (Å²) in [5.41, 5.74) is 0. The zero-order valence-electron chi connectivity index (χ0n) is 6.72. The van der Waals surface area contributed by atoms with Crippen molar-refractivity contribution in [3.05, 3.63) is 12.7 Å². The van der Waals surface area contributed by atoms with E-state index in [4.69, 9.17) is 4.74 Å². The first-order valence-corrected chi connectivity index (χ1v) is 6.51. The van der Waals surface area contributed by atoms with Crippen LogP contribution >= 0.6 is 19.6 Å². The molecule has 2 nitrogen and oxygen atoms in total. The minimum absolute atomic E-state index is 0.255. The fraction of sp³-hybridized carbons (Fsp3) is 0.571. The molecule has 1 rings (SSSR count). The van der Waals surface area contributed by atoms with Crippen LogP contribution in [0.1, 0.15) is 6.42 Å². The van der Waals surface area contributed by atoms with E-state index in [-0.39, 0.29) is 11.0 Å². The van der Waals surface area contributed by atoms with Crippen molar-refractivity contribution in [2.24, 2.45) is 0 Å². The summed E-state index contributed by atoms with van der Waals surface area (Å²) in [7, 11) is -2.06. The van der Waals surface area contributed by atoms with Crippen molar-refractivity contribution < 1.29 is 13.7 Å². The average molecular weight is 239 g/mol. The molecule has 0 aromatic rings. The van der Waals surface area contributed by atoms with Crippen LogP contribution in [0.2, 0.25) is 0 Å². The van der Waals surface area contributed by atoms with Gasteiger partial charge in [0.25, 0.3) is 5.85 Å². The Hall–Kier alpha value is 0.170. The summed E-state index contributed by atoms with van der Waals surface area (Å²) in [6, 6.07) is 0. The first kappa shape index (κ1) is 11.2. The summed E-state index contributed by atoms with van der Waals surface area (Å²) in [5, 5.41) is -0.265. The molecule has 1 aliphatic heterocycles. The van der Waals surface area contributed by atoms with Crippen LogP contribution in [0.4, 0.5) is 4.20 Å². The van der Waals surface area contributed by atoms with Gasteiger partial charge in [-0.3, -0.25) is 4.79 Å². The smallest absolute Gasteiger partial charge is 0.321 e. The van der Waals surface area contributed by atoms with Crippen LogP contribution in [-0.2, 0) is 21.3 Å². The number of thiol groups is 1. The summed E-state index contributed by atoms with van der Waals surface area (Å²) < 4.78 is 17.8. The molecule has 0 spiro atoms. The number of hydrogen-bond donors (Lipinski definition) is 1. The van der Waals surface area contributed by atoms with Crippen molar-refractivity contribution in [2.75, 3.05) is 0 Å². The molecule has 0 aliphatic carbocycles. The Balaban J connectivity index is 2.66. The summed E-state index contributed by atoms with van der Waals surface area (Å²) in [6.45, 7) is 3.33. The maximum absolute atomic E-state index is 12.7. The molecule has 0 N–H and O–H groups in total. The molecule has 4 atom stereocenters. The van der Waals surface area contributed by atoms with Gasteiger partial charge in [-0.1, -0.05) is 6.58 Å². The Morgan fingerprint density at radius 1 is 1.85 bits per heavy atom. The van der Waals surface area contributed by atoms with Crippen molar-refractivity contribution in [1.29, 1.82) is 0 Å². The lowest BCUT2D eigenvalue weighted by Gasteiger charge is -2.07. The average Bonchev–Trinajstić information content (AvgIpc) is 2.46. The second kappa shape index (κ2) is 4.60. The molecule has 1 saturated heterocycles. The maximum atomic E-state index is 12.7. The maximum Gasteiger partial charge on any atom is 0.428 e. The monoisotopic (exact) mass is 239 g/mol. The molecule has 1 fully saturated rings. The zero-order chi connectivity index (χ0) is 10.0. The lowest BCUT2D eigenvalue weighted by atomic mass is 10.1. The van der Waals surface area contributed by atoms with Gasteiger partial charge in [0.1, 0.15) is 6.10 Å². The van der Waals surface area contributed by atoms with Crippen LogP contribution < -0.4 is 0 Å². The Bertz CT molecular complexity index is 259. The first-order chi connectivity index (χ1) is 6.06. The second-order valence-corrected chi connectivity index (χ2v) is 5.52. The molecule has 0 saturated carbocycles. The number of ketones is 1. The van der Waals surface area contributed by atoms with Crippen molar-refractivity contribution in [2.45, 2.75) is 23.6 Å². The van der Waals surface area contributed by atoms with Gasteiger partial charge in [-0.25, -0.2) is 0 Å². The number of carbonyl (C=O) groups excluding carboxylic acids is 1. The highest BCUT2D eigenvalue weighted by atomic mass is 32.4. The van der Waals surface area contributed by atoms with Gasteiger partial charge in [0.15, 0.2) is 5.78 Å². The lowest BCUT2D eigenvalue weighted by Crippen LogP contribution is -2.25. The highest BCUT2D eigenvalue weighted by molar-refractivity contribution is 8.03. The van der Waals surface area contributed by atoms with E-state index in [1.165, 1.54) is 6.08 Å². The summed E-state index contributed by atoms with van der Waals surface area (Å²) in [4.78, 5) is 11.2. The van der Waals surface area contributed by atoms with Gasteiger partial charge >= 0.3 is 7.01 Å². The van der Waals surface area contributed by atoms with E-state index in [0.29, 0.717) is 6.42 Å². The van der Waals surface area contributed by atoms with Crippen LogP contribution in [0, 0.1) is 0 Å². The van der Waals surface area contributed by atoms with Gasteiger partial charge in [0.2, 0.25) is 11.8 Å². The van der Waals surface area contributed by atoms with E-state index in [2.05, 4.69) is 31.0 Å². The van der Waals surface area contributed by atoms with E-state index in [1.807, 2.05) is 0 Å². The molecule has 4 unspecified atom stereocenters. The van der Waals surface area contributed by atoms with E-state index < -0.39 is 19.0 Å². The van der Waals surface area contributed by atoms with E-state index >= 15 is 0 Å². The SMILES string of the molecule is C=CC(=O)C1OC([P+](F)=S)CC1S. The Kier molecular flexibility index (Phi) is 3.98. The minimum Gasteiger partial charge on any atom is -0.321 e. The third-order valence-corrected chi connectivity index (χ3v) is 3.78. The van der Waals surface area contributed by atoms with E-state index in [0.717, 1.165) is 0 Å². The van der Waals surface area contributed by atoms with Crippen molar-refractivity contribution in [3.8, 4) is 0 Å². The molecular weight excluding hydrogens is 230 g/mol. The highest BCUT2D eigenvalue weighted by Gasteiger charge is 2.44. The topological polar surface area (TPSA) is 26.3 Å². The molecule has 1 heterocycles. The van der Waals surface area contributed by atoms with Crippen LogP contribution in [0.5, 0.6) is 0 Å².